The zero-order valence-electron chi connectivity index (χ0n) is 9.39. The predicted octanol–water partition coefficient (Wildman–Crippen LogP) is 0.979. The summed E-state index contributed by atoms with van der Waals surface area (Å²) in [5.41, 5.74) is 0.340. The summed E-state index contributed by atoms with van der Waals surface area (Å²) in [6.07, 6.45) is 3.00. The van der Waals surface area contributed by atoms with Gasteiger partial charge < -0.3 is 9.64 Å². The molecule has 2 aromatic rings. The highest BCUT2D eigenvalue weighted by Gasteiger charge is 2.32. The summed E-state index contributed by atoms with van der Waals surface area (Å²) in [6.45, 7) is 1.32. The molecule has 0 saturated carbocycles. The van der Waals surface area contributed by atoms with Crippen molar-refractivity contribution in [3.05, 3.63) is 36.4 Å². The van der Waals surface area contributed by atoms with Gasteiger partial charge in [0.05, 0.1) is 13.1 Å². The van der Waals surface area contributed by atoms with E-state index < -0.39 is 0 Å². The van der Waals surface area contributed by atoms with Crippen LogP contribution in [-0.2, 0) is 4.74 Å². The summed E-state index contributed by atoms with van der Waals surface area (Å²) >= 11 is 1.34. The van der Waals surface area contributed by atoms with Gasteiger partial charge in [0.15, 0.2) is 0 Å². The van der Waals surface area contributed by atoms with Gasteiger partial charge in [0.2, 0.25) is 5.13 Å². The van der Waals surface area contributed by atoms with Crippen LogP contribution in [0.5, 0.6) is 0 Å². The summed E-state index contributed by atoms with van der Waals surface area (Å²) in [4.78, 5) is 21.8. The number of esters is 1. The lowest BCUT2D eigenvalue weighted by Crippen LogP contribution is -2.53. The van der Waals surface area contributed by atoms with Crippen molar-refractivity contribution < 1.29 is 9.53 Å². The number of anilines is 1. The second-order valence-corrected chi connectivity index (χ2v) is 4.63. The van der Waals surface area contributed by atoms with Gasteiger partial charge in [-0.15, -0.1) is 0 Å². The average Bonchev–Trinajstić information content (AvgIpc) is 2.87. The minimum Gasteiger partial charge on any atom is -0.454 e. The van der Waals surface area contributed by atoms with E-state index in [-0.39, 0.29) is 12.1 Å². The Labute approximate surface area is 107 Å². The summed E-state index contributed by atoms with van der Waals surface area (Å²) in [6, 6.07) is 5.17. The molecule has 7 heteroatoms. The molecule has 0 N–H and O–H groups in total. The summed E-state index contributed by atoms with van der Waals surface area (Å²) in [5, 5.41) is 0.861. The number of rotatable bonds is 3. The number of pyridine rings is 1. The Morgan fingerprint density at radius 2 is 2.28 bits per heavy atom. The molecular weight excluding hydrogens is 252 g/mol. The standard InChI is InChI=1S/C11H10N4O2S/c16-10(9-3-1-2-4-12-9)17-8-5-15(6-8)11-13-7-14-18-11/h1-4,7-8H,5-6H2. The van der Waals surface area contributed by atoms with Crippen molar-refractivity contribution in [1.82, 2.24) is 14.3 Å². The highest BCUT2D eigenvalue weighted by atomic mass is 32.1. The van der Waals surface area contributed by atoms with E-state index in [0.717, 1.165) is 5.13 Å². The number of hydrogen-bond donors (Lipinski definition) is 0. The van der Waals surface area contributed by atoms with E-state index in [4.69, 9.17) is 4.74 Å². The van der Waals surface area contributed by atoms with Gasteiger partial charge in [-0.25, -0.2) is 14.8 Å². The Kier molecular flexibility index (Phi) is 2.89. The van der Waals surface area contributed by atoms with E-state index in [2.05, 4.69) is 14.3 Å². The van der Waals surface area contributed by atoms with Crippen LogP contribution in [0.1, 0.15) is 10.5 Å². The normalized spacial score (nSPS) is 15.2. The maximum absolute atomic E-state index is 11.7. The van der Waals surface area contributed by atoms with Crippen LogP contribution in [0.3, 0.4) is 0 Å². The van der Waals surface area contributed by atoms with Gasteiger partial charge in [-0.05, 0) is 12.1 Å². The molecule has 3 rings (SSSR count). The van der Waals surface area contributed by atoms with Crippen molar-refractivity contribution in [1.29, 1.82) is 0 Å². The number of carbonyl (C=O) groups is 1. The molecular formula is C11H10N4O2S. The summed E-state index contributed by atoms with van der Waals surface area (Å²) in [5.74, 6) is -0.377. The van der Waals surface area contributed by atoms with Crippen LogP contribution >= 0.6 is 11.5 Å². The van der Waals surface area contributed by atoms with E-state index in [0.29, 0.717) is 18.8 Å². The molecule has 18 heavy (non-hydrogen) atoms. The summed E-state index contributed by atoms with van der Waals surface area (Å²) in [7, 11) is 0. The number of aromatic nitrogens is 3. The Morgan fingerprint density at radius 3 is 2.94 bits per heavy atom. The molecule has 1 saturated heterocycles. The van der Waals surface area contributed by atoms with Crippen LogP contribution in [0.15, 0.2) is 30.7 Å². The molecule has 3 heterocycles. The van der Waals surface area contributed by atoms with Crippen molar-refractivity contribution in [2.24, 2.45) is 0 Å². The molecule has 0 radical (unpaired) electrons. The van der Waals surface area contributed by atoms with E-state index in [1.54, 1.807) is 24.4 Å². The topological polar surface area (TPSA) is 68.2 Å². The van der Waals surface area contributed by atoms with E-state index in [1.807, 2.05) is 4.90 Å². The molecule has 0 aromatic carbocycles. The smallest absolute Gasteiger partial charge is 0.357 e. The van der Waals surface area contributed by atoms with Gasteiger partial charge in [0, 0.05) is 17.7 Å². The Hall–Kier alpha value is -2.02. The fourth-order valence-corrected chi connectivity index (χ4v) is 2.22. The van der Waals surface area contributed by atoms with Crippen molar-refractivity contribution in [3.63, 3.8) is 0 Å². The Bertz CT molecular complexity index is 525. The molecule has 6 nitrogen and oxygen atoms in total. The lowest BCUT2D eigenvalue weighted by atomic mass is 10.2. The number of ether oxygens (including phenoxy) is 1. The van der Waals surface area contributed by atoms with Crippen LogP contribution in [0.2, 0.25) is 0 Å². The van der Waals surface area contributed by atoms with Gasteiger partial charge in [-0.2, -0.15) is 4.37 Å². The van der Waals surface area contributed by atoms with Crippen LogP contribution < -0.4 is 4.90 Å². The van der Waals surface area contributed by atoms with Gasteiger partial charge >= 0.3 is 5.97 Å². The number of hydrogen-bond acceptors (Lipinski definition) is 7. The molecule has 0 atom stereocenters. The third-order valence-corrected chi connectivity index (χ3v) is 3.34. The molecule has 1 aliphatic rings. The minimum atomic E-state index is -0.377. The number of carbonyl (C=O) groups excluding carboxylic acids is 1. The Balaban J connectivity index is 1.53. The lowest BCUT2D eigenvalue weighted by molar-refractivity contribution is 0.0227. The lowest BCUT2D eigenvalue weighted by Gasteiger charge is -2.37. The van der Waals surface area contributed by atoms with Gasteiger partial charge in [-0.3, -0.25) is 0 Å². The highest BCUT2D eigenvalue weighted by molar-refractivity contribution is 7.09. The van der Waals surface area contributed by atoms with E-state index in [1.165, 1.54) is 17.9 Å². The molecule has 92 valence electrons. The van der Waals surface area contributed by atoms with Crippen LogP contribution in [0.25, 0.3) is 0 Å². The van der Waals surface area contributed by atoms with Gasteiger partial charge in [-0.1, -0.05) is 6.07 Å². The third kappa shape index (κ3) is 2.17. The fourth-order valence-electron chi connectivity index (χ4n) is 1.67. The van der Waals surface area contributed by atoms with Crippen LogP contribution in [0, 0.1) is 0 Å². The van der Waals surface area contributed by atoms with Crippen LogP contribution in [-0.4, -0.2) is 39.5 Å². The van der Waals surface area contributed by atoms with Crippen molar-refractivity contribution in [2.75, 3.05) is 18.0 Å². The largest absolute Gasteiger partial charge is 0.454 e. The van der Waals surface area contributed by atoms with Gasteiger partial charge in [0.25, 0.3) is 0 Å². The average molecular weight is 262 g/mol. The first-order valence-electron chi connectivity index (χ1n) is 5.46. The quantitative estimate of drug-likeness (QED) is 0.768. The first-order valence-corrected chi connectivity index (χ1v) is 6.24. The van der Waals surface area contributed by atoms with Crippen molar-refractivity contribution in [2.45, 2.75) is 6.10 Å². The molecule has 0 spiro atoms. The minimum absolute atomic E-state index is 0.0941. The third-order valence-electron chi connectivity index (χ3n) is 2.62. The second kappa shape index (κ2) is 4.69. The molecule has 0 aliphatic carbocycles. The van der Waals surface area contributed by atoms with Crippen LogP contribution in [0.4, 0.5) is 5.13 Å². The zero-order valence-corrected chi connectivity index (χ0v) is 10.2. The molecule has 1 aliphatic heterocycles. The molecule has 2 aromatic heterocycles. The maximum Gasteiger partial charge on any atom is 0.357 e. The zero-order chi connectivity index (χ0) is 12.4. The first kappa shape index (κ1) is 11.1. The monoisotopic (exact) mass is 262 g/mol. The second-order valence-electron chi connectivity index (χ2n) is 3.87. The first-order chi connectivity index (χ1) is 8.83. The molecule has 0 bridgehead atoms. The molecule has 1 fully saturated rings. The predicted molar refractivity (Wildman–Crippen MR) is 65.6 cm³/mol. The molecule has 0 amide bonds. The fraction of sp³-hybridized carbons (Fsp3) is 0.273. The maximum atomic E-state index is 11.7. The van der Waals surface area contributed by atoms with E-state index >= 15 is 0 Å². The van der Waals surface area contributed by atoms with Gasteiger partial charge in [0.1, 0.15) is 18.1 Å². The van der Waals surface area contributed by atoms with E-state index in [9.17, 15) is 4.79 Å². The van der Waals surface area contributed by atoms with Crippen molar-refractivity contribution >= 4 is 22.6 Å². The SMILES string of the molecule is O=C(OC1CN(c2ncns2)C1)c1ccccn1. The summed E-state index contributed by atoms with van der Waals surface area (Å²) < 4.78 is 9.24. The highest BCUT2D eigenvalue weighted by Crippen LogP contribution is 2.23. The Morgan fingerprint density at radius 1 is 1.39 bits per heavy atom. The van der Waals surface area contributed by atoms with Crippen molar-refractivity contribution in [3.8, 4) is 0 Å². The number of nitrogens with zero attached hydrogens (tertiary/aromatic N) is 4. The molecule has 0 unspecified atom stereocenters.